The first-order valence-electron chi connectivity index (χ1n) is 9.15. The molecule has 4 amide bonds. The van der Waals surface area contributed by atoms with Gasteiger partial charge in [-0.15, -0.1) is 0 Å². The van der Waals surface area contributed by atoms with Crippen molar-refractivity contribution in [2.45, 2.75) is 26.7 Å². The van der Waals surface area contributed by atoms with Crippen molar-refractivity contribution in [2.75, 3.05) is 11.5 Å². The normalized spacial score (nSPS) is 15.9. The molecule has 0 unspecified atom stereocenters. The molecular weight excluding hydrogens is 356 g/mol. The van der Waals surface area contributed by atoms with Gasteiger partial charge in [-0.2, -0.15) is 0 Å². The summed E-state index contributed by atoms with van der Waals surface area (Å²) in [6.45, 7) is 6.56. The van der Waals surface area contributed by atoms with Gasteiger partial charge in [0.15, 0.2) is 0 Å². The topological polar surface area (TPSA) is 75.7 Å². The van der Waals surface area contributed by atoms with E-state index in [-0.39, 0.29) is 5.57 Å². The molecule has 1 aliphatic heterocycles. The number of imide groups is 2. The van der Waals surface area contributed by atoms with Crippen LogP contribution in [0.15, 0.2) is 54.1 Å². The highest BCUT2D eigenvalue weighted by atomic mass is 16.5. The van der Waals surface area contributed by atoms with Crippen molar-refractivity contribution < 1.29 is 19.1 Å². The summed E-state index contributed by atoms with van der Waals surface area (Å²) in [5, 5.41) is 2.23. The molecule has 28 heavy (non-hydrogen) atoms. The number of nitrogens with one attached hydrogen (secondary N) is 1. The number of carbonyl (C=O) groups is 3. The molecule has 1 fully saturated rings. The number of nitrogens with zero attached hydrogens (tertiary/aromatic N) is 1. The van der Waals surface area contributed by atoms with Gasteiger partial charge in [0, 0.05) is 0 Å². The standard InChI is InChI=1S/C22H22N2O4/c1-4-28-18-11-9-17(10-12-18)24-21(26)19(20(25)23-22(24)27)13-15-5-7-16(8-6-15)14(2)3/h5-14H,4H2,1-3H3,(H,23,25,27)/b19-13+. The second-order valence-corrected chi connectivity index (χ2v) is 6.71. The molecule has 1 saturated heterocycles. The molecule has 1 heterocycles. The van der Waals surface area contributed by atoms with Crippen molar-refractivity contribution in [3.8, 4) is 5.75 Å². The van der Waals surface area contributed by atoms with Crippen LogP contribution in [0.3, 0.4) is 0 Å². The highest BCUT2D eigenvalue weighted by Crippen LogP contribution is 2.24. The predicted molar refractivity (Wildman–Crippen MR) is 107 cm³/mol. The molecule has 0 aliphatic carbocycles. The summed E-state index contributed by atoms with van der Waals surface area (Å²) < 4.78 is 5.38. The van der Waals surface area contributed by atoms with Crippen LogP contribution in [0, 0.1) is 0 Å². The lowest BCUT2D eigenvalue weighted by Crippen LogP contribution is -2.54. The van der Waals surface area contributed by atoms with E-state index in [1.807, 2.05) is 31.2 Å². The van der Waals surface area contributed by atoms with Gasteiger partial charge < -0.3 is 4.74 Å². The van der Waals surface area contributed by atoms with Crippen LogP contribution < -0.4 is 15.0 Å². The third kappa shape index (κ3) is 3.96. The van der Waals surface area contributed by atoms with E-state index >= 15 is 0 Å². The average Bonchev–Trinajstić information content (AvgIpc) is 2.67. The molecule has 0 spiro atoms. The summed E-state index contributed by atoms with van der Waals surface area (Å²) in [5.41, 5.74) is 2.14. The van der Waals surface area contributed by atoms with Crippen LogP contribution in [-0.2, 0) is 9.59 Å². The Kier molecular flexibility index (Phi) is 5.59. The first-order chi connectivity index (χ1) is 13.4. The van der Waals surface area contributed by atoms with Crippen molar-refractivity contribution in [2.24, 2.45) is 0 Å². The number of ether oxygens (including phenoxy) is 1. The SMILES string of the molecule is CCOc1ccc(N2C(=O)NC(=O)/C(=C\c3ccc(C(C)C)cc3)C2=O)cc1. The Hall–Kier alpha value is -3.41. The molecule has 6 heteroatoms. The second kappa shape index (κ2) is 8.08. The number of anilines is 1. The Bertz CT molecular complexity index is 928. The number of carbonyl (C=O) groups excluding carboxylic acids is 3. The van der Waals surface area contributed by atoms with Gasteiger partial charge in [-0.3, -0.25) is 14.9 Å². The lowest BCUT2D eigenvalue weighted by atomic mass is 10.0. The van der Waals surface area contributed by atoms with Gasteiger partial charge in [0.2, 0.25) is 0 Å². The number of urea groups is 1. The summed E-state index contributed by atoms with van der Waals surface area (Å²) in [4.78, 5) is 38.3. The molecule has 0 aromatic heterocycles. The predicted octanol–water partition coefficient (Wildman–Crippen LogP) is 3.88. The molecule has 0 saturated carbocycles. The molecule has 1 N–H and O–H groups in total. The molecule has 3 rings (SSSR count). The van der Waals surface area contributed by atoms with Crippen LogP contribution in [0.5, 0.6) is 5.75 Å². The van der Waals surface area contributed by atoms with Gasteiger partial charge in [0.05, 0.1) is 12.3 Å². The number of barbiturate groups is 1. The average molecular weight is 378 g/mol. The van der Waals surface area contributed by atoms with E-state index in [9.17, 15) is 14.4 Å². The van der Waals surface area contributed by atoms with Gasteiger partial charge >= 0.3 is 6.03 Å². The first kappa shape index (κ1) is 19.4. The summed E-state index contributed by atoms with van der Waals surface area (Å²) in [6.07, 6.45) is 1.50. The Labute approximate surface area is 163 Å². The van der Waals surface area contributed by atoms with E-state index in [2.05, 4.69) is 19.2 Å². The minimum Gasteiger partial charge on any atom is -0.494 e. The van der Waals surface area contributed by atoms with Crippen molar-refractivity contribution in [3.05, 3.63) is 65.2 Å². The zero-order valence-electron chi connectivity index (χ0n) is 16.1. The van der Waals surface area contributed by atoms with Crippen molar-refractivity contribution >= 4 is 29.6 Å². The molecule has 0 bridgehead atoms. The van der Waals surface area contributed by atoms with Crippen LogP contribution in [0.1, 0.15) is 37.8 Å². The number of benzene rings is 2. The minimum atomic E-state index is -0.772. The van der Waals surface area contributed by atoms with Crippen LogP contribution >= 0.6 is 0 Å². The minimum absolute atomic E-state index is 0.0919. The fourth-order valence-corrected chi connectivity index (χ4v) is 2.89. The first-order valence-corrected chi connectivity index (χ1v) is 9.15. The van der Waals surface area contributed by atoms with Gasteiger partial charge in [-0.1, -0.05) is 38.1 Å². The quantitative estimate of drug-likeness (QED) is 0.633. The van der Waals surface area contributed by atoms with Gasteiger partial charge in [-0.25, -0.2) is 9.69 Å². The number of hydrogen-bond acceptors (Lipinski definition) is 4. The maximum atomic E-state index is 12.9. The van der Waals surface area contributed by atoms with Gasteiger partial charge in [0.1, 0.15) is 11.3 Å². The molecule has 2 aromatic carbocycles. The van der Waals surface area contributed by atoms with Crippen LogP contribution in [0.4, 0.5) is 10.5 Å². The van der Waals surface area contributed by atoms with E-state index in [0.29, 0.717) is 29.5 Å². The fourth-order valence-electron chi connectivity index (χ4n) is 2.89. The Balaban J connectivity index is 1.91. The molecule has 2 aromatic rings. The molecular formula is C22H22N2O4. The van der Waals surface area contributed by atoms with Crippen LogP contribution in [0.2, 0.25) is 0 Å². The lowest BCUT2D eigenvalue weighted by Gasteiger charge is -2.26. The smallest absolute Gasteiger partial charge is 0.335 e. The van der Waals surface area contributed by atoms with Crippen molar-refractivity contribution in [1.82, 2.24) is 5.32 Å². The molecule has 0 radical (unpaired) electrons. The molecule has 144 valence electrons. The number of amides is 4. The summed E-state index contributed by atoms with van der Waals surface area (Å²) in [5.74, 6) is -0.349. The summed E-state index contributed by atoms with van der Waals surface area (Å²) >= 11 is 0. The highest BCUT2D eigenvalue weighted by molar-refractivity contribution is 6.39. The third-order valence-electron chi connectivity index (χ3n) is 4.42. The van der Waals surface area contributed by atoms with Gasteiger partial charge in [-0.05, 0) is 54.3 Å². The number of hydrogen-bond donors (Lipinski definition) is 1. The van der Waals surface area contributed by atoms with Gasteiger partial charge in [0.25, 0.3) is 11.8 Å². The Morgan fingerprint density at radius 1 is 1.00 bits per heavy atom. The zero-order valence-corrected chi connectivity index (χ0v) is 16.1. The van der Waals surface area contributed by atoms with Crippen molar-refractivity contribution in [1.29, 1.82) is 0 Å². The monoisotopic (exact) mass is 378 g/mol. The Morgan fingerprint density at radius 3 is 2.21 bits per heavy atom. The van der Waals surface area contributed by atoms with Crippen LogP contribution in [-0.4, -0.2) is 24.5 Å². The largest absolute Gasteiger partial charge is 0.494 e. The Morgan fingerprint density at radius 2 is 1.64 bits per heavy atom. The summed E-state index contributed by atoms with van der Waals surface area (Å²) in [7, 11) is 0. The van der Waals surface area contributed by atoms with Crippen LogP contribution in [0.25, 0.3) is 6.08 Å². The van der Waals surface area contributed by atoms with E-state index in [4.69, 9.17) is 4.74 Å². The van der Waals surface area contributed by atoms with E-state index in [1.54, 1.807) is 24.3 Å². The third-order valence-corrected chi connectivity index (χ3v) is 4.42. The lowest BCUT2D eigenvalue weighted by molar-refractivity contribution is -0.122. The maximum absolute atomic E-state index is 12.9. The molecule has 1 aliphatic rings. The highest BCUT2D eigenvalue weighted by Gasteiger charge is 2.36. The summed E-state index contributed by atoms with van der Waals surface area (Å²) in [6, 6.07) is 13.4. The molecule has 6 nitrogen and oxygen atoms in total. The maximum Gasteiger partial charge on any atom is 0.335 e. The van der Waals surface area contributed by atoms with E-state index < -0.39 is 17.8 Å². The van der Waals surface area contributed by atoms with E-state index in [0.717, 1.165) is 10.5 Å². The second-order valence-electron chi connectivity index (χ2n) is 6.71. The fraction of sp³-hybridized carbons (Fsp3) is 0.227. The molecule has 0 atom stereocenters. The zero-order chi connectivity index (χ0) is 20.3. The van der Waals surface area contributed by atoms with Crippen molar-refractivity contribution in [3.63, 3.8) is 0 Å². The number of rotatable bonds is 5. The van der Waals surface area contributed by atoms with E-state index in [1.165, 1.54) is 6.08 Å².